The number of benzene rings is 2. The van der Waals surface area contributed by atoms with Crippen LogP contribution in [0.3, 0.4) is 0 Å². The summed E-state index contributed by atoms with van der Waals surface area (Å²) in [6.07, 6.45) is 0. The normalized spacial score (nSPS) is 16.2. The van der Waals surface area contributed by atoms with E-state index in [0.29, 0.717) is 17.7 Å². The highest BCUT2D eigenvalue weighted by Crippen LogP contribution is 2.36. The second-order valence-corrected chi connectivity index (χ2v) is 7.65. The number of methoxy groups -OCH3 is 1. The van der Waals surface area contributed by atoms with Crippen LogP contribution in [0, 0.1) is 0 Å². The fourth-order valence-corrected chi connectivity index (χ4v) is 3.92. The lowest BCUT2D eigenvalue weighted by Gasteiger charge is -2.37. The molecule has 0 saturated carbocycles. The Hall–Kier alpha value is -3.06. The highest BCUT2D eigenvalue weighted by Gasteiger charge is 2.27. The molecule has 0 N–H and O–H groups in total. The van der Waals surface area contributed by atoms with E-state index in [-0.39, 0.29) is 18.3 Å². The average Bonchev–Trinajstić information content (AvgIpc) is 3.18. The van der Waals surface area contributed by atoms with Crippen LogP contribution in [0.25, 0.3) is 0 Å². The van der Waals surface area contributed by atoms with E-state index in [0.717, 1.165) is 49.9 Å². The lowest BCUT2D eigenvalue weighted by Crippen LogP contribution is -2.48. The lowest BCUT2D eigenvalue weighted by atomic mass is 10.1. The van der Waals surface area contributed by atoms with Crippen molar-refractivity contribution in [2.45, 2.75) is 0 Å². The van der Waals surface area contributed by atoms with Crippen LogP contribution < -0.4 is 14.4 Å². The molecule has 0 bridgehead atoms. The van der Waals surface area contributed by atoms with Crippen molar-refractivity contribution in [3.05, 3.63) is 53.6 Å². The van der Waals surface area contributed by atoms with E-state index in [1.165, 1.54) is 0 Å². The molecule has 0 unspecified atom stereocenters. The molecule has 7 nitrogen and oxygen atoms in total. The first-order chi connectivity index (χ1) is 14.6. The zero-order valence-corrected chi connectivity index (χ0v) is 17.5. The molecule has 0 aromatic heterocycles. The smallest absolute Gasteiger partial charge is 0.253 e. The number of anilines is 1. The molecule has 2 aliphatic rings. The van der Waals surface area contributed by atoms with Gasteiger partial charge in [-0.1, -0.05) is 6.07 Å². The van der Waals surface area contributed by atoms with Gasteiger partial charge in [0.2, 0.25) is 5.78 Å². The molecule has 0 radical (unpaired) electrons. The topological polar surface area (TPSA) is 62.3 Å². The van der Waals surface area contributed by atoms with Gasteiger partial charge in [0, 0.05) is 51.9 Å². The maximum absolute atomic E-state index is 12.6. The molecule has 0 atom stereocenters. The van der Waals surface area contributed by atoms with E-state index in [9.17, 15) is 9.59 Å². The van der Waals surface area contributed by atoms with Crippen molar-refractivity contribution >= 4 is 17.4 Å². The van der Waals surface area contributed by atoms with Crippen molar-refractivity contribution in [3.63, 3.8) is 0 Å². The zero-order valence-electron chi connectivity index (χ0n) is 17.5. The van der Waals surface area contributed by atoms with Gasteiger partial charge in [0.1, 0.15) is 5.75 Å². The number of carbonyl (C=O) groups excluding carboxylic acids is 2. The quantitative estimate of drug-likeness (QED) is 0.729. The van der Waals surface area contributed by atoms with Gasteiger partial charge in [-0.05, 0) is 36.4 Å². The van der Waals surface area contributed by atoms with Crippen LogP contribution in [0.5, 0.6) is 11.5 Å². The maximum atomic E-state index is 12.6. The number of rotatable bonds is 6. The van der Waals surface area contributed by atoms with E-state index >= 15 is 0 Å². The number of hydrogen-bond donors (Lipinski definition) is 0. The van der Waals surface area contributed by atoms with Gasteiger partial charge in [0.15, 0.2) is 12.4 Å². The van der Waals surface area contributed by atoms with E-state index < -0.39 is 0 Å². The van der Waals surface area contributed by atoms with Crippen molar-refractivity contribution in [3.8, 4) is 11.5 Å². The maximum Gasteiger partial charge on any atom is 0.253 e. The number of ketones is 1. The SMILES string of the molecule is COc1ccc(C(=O)N(C)CCN2CCN(c3cccc4c3OCC4=O)CC2)cc1. The fourth-order valence-electron chi connectivity index (χ4n) is 3.92. The molecule has 2 heterocycles. The summed E-state index contributed by atoms with van der Waals surface area (Å²) in [5.41, 5.74) is 2.36. The number of hydrogen-bond acceptors (Lipinski definition) is 6. The molecular formula is C23H27N3O4. The van der Waals surface area contributed by atoms with E-state index in [1.807, 2.05) is 25.2 Å². The van der Waals surface area contributed by atoms with Gasteiger partial charge >= 0.3 is 0 Å². The van der Waals surface area contributed by atoms with Gasteiger partial charge in [-0.15, -0.1) is 0 Å². The average molecular weight is 409 g/mol. The molecule has 1 saturated heterocycles. The molecule has 158 valence electrons. The Morgan fingerprint density at radius 3 is 2.53 bits per heavy atom. The van der Waals surface area contributed by atoms with Crippen molar-refractivity contribution in [2.24, 2.45) is 0 Å². The third kappa shape index (κ3) is 4.11. The number of fused-ring (bicyclic) bond motifs is 1. The zero-order chi connectivity index (χ0) is 21.1. The Kier molecular flexibility index (Phi) is 5.90. The predicted octanol–water partition coefficient (Wildman–Crippen LogP) is 2.16. The summed E-state index contributed by atoms with van der Waals surface area (Å²) >= 11 is 0. The fraction of sp³-hybridized carbons (Fsp3) is 0.391. The van der Waals surface area contributed by atoms with Crippen LogP contribution in [0.4, 0.5) is 5.69 Å². The van der Waals surface area contributed by atoms with Crippen LogP contribution >= 0.6 is 0 Å². The summed E-state index contributed by atoms with van der Waals surface area (Å²) in [7, 11) is 3.45. The summed E-state index contributed by atoms with van der Waals surface area (Å²) in [4.78, 5) is 30.9. The molecule has 2 aromatic carbocycles. The predicted molar refractivity (Wildman–Crippen MR) is 115 cm³/mol. The summed E-state index contributed by atoms with van der Waals surface area (Å²) in [5.74, 6) is 1.53. The summed E-state index contributed by atoms with van der Waals surface area (Å²) in [6.45, 7) is 5.18. The Morgan fingerprint density at radius 2 is 1.83 bits per heavy atom. The molecule has 30 heavy (non-hydrogen) atoms. The molecule has 0 spiro atoms. The second-order valence-electron chi connectivity index (χ2n) is 7.65. The van der Waals surface area contributed by atoms with E-state index in [4.69, 9.17) is 9.47 Å². The highest BCUT2D eigenvalue weighted by atomic mass is 16.5. The van der Waals surface area contributed by atoms with Crippen molar-refractivity contribution in [1.82, 2.24) is 9.80 Å². The molecule has 2 aliphatic heterocycles. The summed E-state index contributed by atoms with van der Waals surface area (Å²) in [6, 6.07) is 13.0. The minimum absolute atomic E-state index is 0.0120. The van der Waals surface area contributed by atoms with E-state index in [2.05, 4.69) is 9.80 Å². The first kappa shape index (κ1) is 20.2. The molecule has 1 fully saturated rings. The minimum Gasteiger partial charge on any atom is -0.497 e. The Balaban J connectivity index is 1.28. The standard InChI is InChI=1S/C23H27N3O4/c1-24(23(28)17-6-8-18(29-2)9-7-17)10-11-25-12-14-26(15-13-25)20-5-3-4-19-21(27)16-30-22(19)20/h3-9H,10-16H2,1-2H3. The number of likely N-dealkylation sites (N-methyl/N-ethyl adjacent to an activating group) is 1. The number of para-hydroxylation sites is 1. The molecule has 2 aromatic rings. The van der Waals surface area contributed by atoms with Gasteiger partial charge in [-0.2, -0.15) is 0 Å². The van der Waals surface area contributed by atoms with Gasteiger partial charge in [0.05, 0.1) is 18.4 Å². The van der Waals surface area contributed by atoms with Crippen molar-refractivity contribution in [2.75, 3.05) is 64.9 Å². The number of ether oxygens (including phenoxy) is 2. The van der Waals surface area contributed by atoms with Crippen LogP contribution in [0.1, 0.15) is 20.7 Å². The van der Waals surface area contributed by atoms with Gasteiger partial charge in [-0.3, -0.25) is 14.5 Å². The Labute approximate surface area is 176 Å². The number of Topliss-reactive ketones (excluding diaryl/α,β-unsaturated/α-hetero) is 1. The summed E-state index contributed by atoms with van der Waals surface area (Å²) < 4.78 is 10.8. The largest absolute Gasteiger partial charge is 0.497 e. The first-order valence-electron chi connectivity index (χ1n) is 10.2. The van der Waals surface area contributed by atoms with Crippen LogP contribution in [0.15, 0.2) is 42.5 Å². The van der Waals surface area contributed by atoms with Crippen LogP contribution in [-0.2, 0) is 0 Å². The number of nitrogens with zero attached hydrogens (tertiary/aromatic N) is 3. The number of piperazine rings is 1. The first-order valence-corrected chi connectivity index (χ1v) is 10.2. The molecule has 7 heteroatoms. The monoisotopic (exact) mass is 409 g/mol. The molecule has 0 aliphatic carbocycles. The third-order valence-electron chi connectivity index (χ3n) is 5.79. The third-order valence-corrected chi connectivity index (χ3v) is 5.79. The molecule has 4 rings (SSSR count). The lowest BCUT2D eigenvalue weighted by molar-refractivity contribution is 0.0776. The molecule has 1 amide bonds. The van der Waals surface area contributed by atoms with Gasteiger partial charge < -0.3 is 19.3 Å². The second kappa shape index (κ2) is 8.75. The van der Waals surface area contributed by atoms with Crippen LogP contribution in [-0.4, -0.2) is 81.5 Å². The van der Waals surface area contributed by atoms with Crippen molar-refractivity contribution in [1.29, 1.82) is 0 Å². The van der Waals surface area contributed by atoms with Crippen molar-refractivity contribution < 1.29 is 19.1 Å². The number of amides is 1. The highest BCUT2D eigenvalue weighted by molar-refractivity contribution is 6.04. The van der Waals surface area contributed by atoms with Gasteiger partial charge in [-0.25, -0.2) is 0 Å². The summed E-state index contributed by atoms with van der Waals surface area (Å²) in [5, 5.41) is 0. The molecular weight excluding hydrogens is 382 g/mol. The number of carbonyl (C=O) groups is 2. The Bertz CT molecular complexity index is 921. The van der Waals surface area contributed by atoms with Gasteiger partial charge in [0.25, 0.3) is 5.91 Å². The van der Waals surface area contributed by atoms with E-state index in [1.54, 1.807) is 36.3 Å². The minimum atomic E-state index is 0.0120. The Morgan fingerprint density at radius 1 is 1.10 bits per heavy atom. The van der Waals surface area contributed by atoms with Crippen LogP contribution in [0.2, 0.25) is 0 Å².